The molecule has 1 amide bonds. The van der Waals surface area contributed by atoms with Crippen LogP contribution in [0.25, 0.3) is 0 Å². The van der Waals surface area contributed by atoms with Crippen LogP contribution in [-0.2, 0) is 4.74 Å². The molecule has 27 heavy (non-hydrogen) atoms. The molecule has 1 N–H and O–H groups in total. The molecule has 2 aromatic rings. The zero-order chi connectivity index (χ0) is 19.2. The molecule has 1 aromatic heterocycles. The summed E-state index contributed by atoms with van der Waals surface area (Å²) in [6.45, 7) is 2.94. The molecular weight excluding hydrogens is 342 g/mol. The second kappa shape index (κ2) is 8.66. The second-order valence-corrected chi connectivity index (χ2v) is 6.68. The lowest BCUT2D eigenvalue weighted by molar-refractivity contribution is 0.0593. The fraction of sp³-hybridized carbons (Fsp3) is 0.381. The number of pyridine rings is 1. The van der Waals surface area contributed by atoms with E-state index in [4.69, 9.17) is 4.74 Å². The van der Waals surface area contributed by atoms with Crippen molar-refractivity contribution in [2.24, 2.45) is 0 Å². The molecule has 3 rings (SSSR count). The van der Waals surface area contributed by atoms with Crippen molar-refractivity contribution in [3.8, 4) is 0 Å². The van der Waals surface area contributed by atoms with Crippen LogP contribution in [0.2, 0.25) is 0 Å². The van der Waals surface area contributed by atoms with E-state index in [0.29, 0.717) is 17.3 Å². The smallest absolute Gasteiger partial charge is 0.337 e. The van der Waals surface area contributed by atoms with E-state index < -0.39 is 0 Å². The van der Waals surface area contributed by atoms with Gasteiger partial charge in [0.15, 0.2) is 0 Å². The Labute approximate surface area is 159 Å². The zero-order valence-electron chi connectivity index (χ0n) is 15.8. The summed E-state index contributed by atoms with van der Waals surface area (Å²) in [5, 5.41) is 3.21. The van der Waals surface area contributed by atoms with Crippen LogP contribution in [0.3, 0.4) is 0 Å². The molecule has 2 heterocycles. The Morgan fingerprint density at radius 2 is 1.89 bits per heavy atom. The van der Waals surface area contributed by atoms with Crippen molar-refractivity contribution >= 4 is 23.3 Å². The number of methoxy groups -OCH3 is 1. The number of aromatic nitrogens is 1. The van der Waals surface area contributed by atoms with Gasteiger partial charge in [-0.25, -0.2) is 9.78 Å². The average molecular weight is 367 g/mol. The van der Waals surface area contributed by atoms with Gasteiger partial charge in [0.2, 0.25) is 0 Å². The number of carbonyl (C=O) groups excluding carboxylic acids is 2. The first-order valence-corrected chi connectivity index (χ1v) is 9.34. The summed E-state index contributed by atoms with van der Waals surface area (Å²) in [6, 6.07) is 10.9. The lowest BCUT2D eigenvalue weighted by Crippen LogP contribution is -2.43. The topological polar surface area (TPSA) is 71.5 Å². The highest BCUT2D eigenvalue weighted by molar-refractivity contribution is 5.93. The fourth-order valence-corrected chi connectivity index (χ4v) is 3.41. The number of rotatable bonds is 5. The molecule has 142 valence electrons. The van der Waals surface area contributed by atoms with Gasteiger partial charge in [-0.15, -0.1) is 0 Å². The summed E-state index contributed by atoms with van der Waals surface area (Å²) >= 11 is 0. The summed E-state index contributed by atoms with van der Waals surface area (Å²) < 4.78 is 4.69. The minimum atomic E-state index is -0.367. The van der Waals surface area contributed by atoms with E-state index in [1.165, 1.54) is 13.5 Å². The van der Waals surface area contributed by atoms with Gasteiger partial charge >= 0.3 is 5.97 Å². The molecule has 1 atom stereocenters. The number of ether oxygens (including phenoxy) is 1. The lowest BCUT2D eigenvalue weighted by Gasteiger charge is -2.35. The van der Waals surface area contributed by atoms with E-state index in [2.05, 4.69) is 17.2 Å². The normalized spacial score (nSPS) is 16.7. The van der Waals surface area contributed by atoms with Crippen molar-refractivity contribution < 1.29 is 14.3 Å². The molecule has 0 radical (unpaired) electrons. The third-order valence-corrected chi connectivity index (χ3v) is 4.94. The number of hydrogen-bond donors (Lipinski definition) is 1. The Balaban J connectivity index is 1.66. The second-order valence-electron chi connectivity index (χ2n) is 6.68. The number of carbonyl (C=O) groups is 2. The molecule has 0 spiro atoms. The number of esters is 1. The van der Waals surface area contributed by atoms with Crippen molar-refractivity contribution in [2.75, 3.05) is 19.0 Å². The van der Waals surface area contributed by atoms with Crippen LogP contribution >= 0.6 is 0 Å². The Kier molecular flexibility index (Phi) is 6.06. The fourth-order valence-electron chi connectivity index (χ4n) is 3.41. The monoisotopic (exact) mass is 367 g/mol. The predicted molar refractivity (Wildman–Crippen MR) is 104 cm³/mol. The highest BCUT2D eigenvalue weighted by Gasteiger charge is 2.26. The number of amides is 1. The number of likely N-dealkylation sites (tertiary alicyclic amines) is 1. The van der Waals surface area contributed by atoms with Crippen LogP contribution in [0, 0.1) is 0 Å². The first-order valence-electron chi connectivity index (χ1n) is 9.34. The summed E-state index contributed by atoms with van der Waals surface area (Å²) in [6.07, 6.45) is 5.96. The van der Waals surface area contributed by atoms with E-state index in [1.54, 1.807) is 36.5 Å². The number of hydrogen-bond acceptors (Lipinski definition) is 5. The molecular formula is C21H25N3O3. The van der Waals surface area contributed by atoms with E-state index in [9.17, 15) is 9.59 Å². The Bertz CT molecular complexity index is 787. The predicted octanol–water partition coefficient (Wildman–Crippen LogP) is 4.02. The third kappa shape index (κ3) is 4.45. The van der Waals surface area contributed by atoms with Crippen molar-refractivity contribution in [1.82, 2.24) is 9.88 Å². The molecule has 6 nitrogen and oxygen atoms in total. The van der Waals surface area contributed by atoms with E-state index in [0.717, 1.165) is 37.2 Å². The Morgan fingerprint density at radius 3 is 2.52 bits per heavy atom. The number of anilines is 2. The molecule has 1 saturated heterocycles. The number of nitrogens with zero attached hydrogens (tertiary/aromatic N) is 2. The van der Waals surface area contributed by atoms with Crippen molar-refractivity contribution in [1.29, 1.82) is 0 Å². The molecule has 1 aliphatic rings. The number of piperidine rings is 1. The van der Waals surface area contributed by atoms with Crippen LogP contribution in [0.15, 0.2) is 42.6 Å². The van der Waals surface area contributed by atoms with Gasteiger partial charge in [-0.1, -0.05) is 6.92 Å². The van der Waals surface area contributed by atoms with Crippen LogP contribution in [-0.4, -0.2) is 41.5 Å². The van der Waals surface area contributed by atoms with Crippen LogP contribution < -0.4 is 5.32 Å². The molecule has 0 saturated carbocycles. The van der Waals surface area contributed by atoms with Gasteiger partial charge in [0.1, 0.15) is 5.69 Å². The molecule has 1 unspecified atom stereocenters. The summed E-state index contributed by atoms with van der Waals surface area (Å²) in [7, 11) is 1.36. The number of benzene rings is 1. The number of nitrogens with one attached hydrogen (secondary N) is 1. The third-order valence-electron chi connectivity index (χ3n) is 4.94. The largest absolute Gasteiger partial charge is 0.465 e. The van der Waals surface area contributed by atoms with Crippen molar-refractivity contribution in [2.45, 2.75) is 38.6 Å². The Morgan fingerprint density at radius 1 is 1.15 bits per heavy atom. The van der Waals surface area contributed by atoms with Crippen molar-refractivity contribution in [3.63, 3.8) is 0 Å². The average Bonchev–Trinajstić information content (AvgIpc) is 2.73. The quantitative estimate of drug-likeness (QED) is 0.808. The molecule has 1 aromatic carbocycles. The Hall–Kier alpha value is -2.89. The summed E-state index contributed by atoms with van der Waals surface area (Å²) in [5.41, 5.74) is 2.57. The first-order chi connectivity index (χ1) is 13.1. The molecule has 0 bridgehead atoms. The highest BCUT2D eigenvalue weighted by Crippen LogP contribution is 2.22. The van der Waals surface area contributed by atoms with E-state index >= 15 is 0 Å². The maximum Gasteiger partial charge on any atom is 0.337 e. The SMILES string of the molecule is CCC1CCCCN1C(=O)c1ccc(Nc2ccc(C(=O)OC)cc2)cn1. The van der Waals surface area contributed by atoms with Crippen LogP contribution in [0.1, 0.15) is 53.5 Å². The summed E-state index contributed by atoms with van der Waals surface area (Å²) in [4.78, 5) is 30.6. The van der Waals surface area contributed by atoms with E-state index in [-0.39, 0.29) is 11.9 Å². The van der Waals surface area contributed by atoms with Crippen LogP contribution in [0.4, 0.5) is 11.4 Å². The standard InChI is InChI=1S/C21H25N3O3/c1-3-18-6-4-5-13-24(18)20(25)19-12-11-17(14-22-19)23-16-9-7-15(8-10-16)21(26)27-2/h7-12,14,18,23H,3-6,13H2,1-2H3. The van der Waals surface area contributed by atoms with E-state index in [1.807, 2.05) is 11.0 Å². The maximum atomic E-state index is 12.8. The van der Waals surface area contributed by atoms with Gasteiger partial charge in [-0.2, -0.15) is 0 Å². The summed E-state index contributed by atoms with van der Waals surface area (Å²) in [5.74, 6) is -0.357. The molecule has 1 fully saturated rings. The molecule has 1 aliphatic heterocycles. The van der Waals surface area contributed by atoms with Gasteiger partial charge in [-0.05, 0) is 62.1 Å². The van der Waals surface area contributed by atoms with Gasteiger partial charge in [0, 0.05) is 18.3 Å². The minimum Gasteiger partial charge on any atom is -0.465 e. The lowest BCUT2D eigenvalue weighted by atomic mass is 9.99. The van der Waals surface area contributed by atoms with Crippen LogP contribution in [0.5, 0.6) is 0 Å². The molecule has 6 heteroatoms. The first kappa shape index (κ1) is 18.9. The van der Waals surface area contributed by atoms with Crippen molar-refractivity contribution in [3.05, 3.63) is 53.9 Å². The van der Waals surface area contributed by atoms with Gasteiger partial charge in [0.05, 0.1) is 24.6 Å². The minimum absolute atomic E-state index is 0.00975. The highest BCUT2D eigenvalue weighted by atomic mass is 16.5. The zero-order valence-corrected chi connectivity index (χ0v) is 15.8. The van der Waals surface area contributed by atoms with Gasteiger partial charge in [-0.3, -0.25) is 4.79 Å². The van der Waals surface area contributed by atoms with Gasteiger partial charge < -0.3 is 15.0 Å². The van der Waals surface area contributed by atoms with Gasteiger partial charge in [0.25, 0.3) is 5.91 Å². The molecule has 0 aliphatic carbocycles. The maximum absolute atomic E-state index is 12.8.